The molecule has 0 aromatic heterocycles. The van der Waals surface area contributed by atoms with E-state index in [4.69, 9.17) is 4.74 Å². The second-order valence-electron chi connectivity index (χ2n) is 5.51. The third kappa shape index (κ3) is 10.5. The van der Waals surface area contributed by atoms with Crippen LogP contribution in [0.2, 0.25) is 0 Å². The molecule has 0 fully saturated rings. The van der Waals surface area contributed by atoms with Crippen LogP contribution in [0.4, 0.5) is 0 Å². The lowest BCUT2D eigenvalue weighted by Crippen LogP contribution is -2.39. The summed E-state index contributed by atoms with van der Waals surface area (Å²) in [6.07, 6.45) is 3.33. The van der Waals surface area contributed by atoms with Gasteiger partial charge < -0.3 is 15.4 Å². The second-order valence-corrected chi connectivity index (χ2v) is 5.51. The Bertz CT molecular complexity index is 412. The number of guanidine groups is 1. The molecule has 1 atom stereocenters. The van der Waals surface area contributed by atoms with Crippen molar-refractivity contribution in [2.75, 3.05) is 33.4 Å². The van der Waals surface area contributed by atoms with Gasteiger partial charge in [-0.15, -0.1) is 24.0 Å². The predicted octanol–water partition coefficient (Wildman–Crippen LogP) is 3.78. The lowest BCUT2D eigenvalue weighted by atomic mass is 10.0. The Kier molecular flexibility index (Phi) is 14.2. The molecule has 0 aliphatic carbocycles. The lowest BCUT2D eigenvalue weighted by Gasteiger charge is -2.16. The summed E-state index contributed by atoms with van der Waals surface area (Å²) >= 11 is 0. The largest absolute Gasteiger partial charge is 0.381 e. The minimum atomic E-state index is 0. The topological polar surface area (TPSA) is 45.6 Å². The van der Waals surface area contributed by atoms with Crippen molar-refractivity contribution in [3.05, 3.63) is 35.9 Å². The zero-order valence-corrected chi connectivity index (χ0v) is 17.0. The Labute approximate surface area is 158 Å². The van der Waals surface area contributed by atoms with Gasteiger partial charge in [0.1, 0.15) is 0 Å². The summed E-state index contributed by atoms with van der Waals surface area (Å²) in [5.41, 5.74) is 1.34. The molecule has 0 aliphatic rings. The number of hydrogen-bond acceptors (Lipinski definition) is 2. The van der Waals surface area contributed by atoms with E-state index in [1.807, 2.05) is 6.07 Å². The van der Waals surface area contributed by atoms with Crippen molar-refractivity contribution in [1.82, 2.24) is 10.6 Å². The van der Waals surface area contributed by atoms with E-state index in [2.05, 4.69) is 53.7 Å². The van der Waals surface area contributed by atoms with Gasteiger partial charge in [-0.2, -0.15) is 0 Å². The highest BCUT2D eigenvalue weighted by Crippen LogP contribution is 2.12. The number of nitrogens with one attached hydrogen (secondary N) is 2. The van der Waals surface area contributed by atoms with E-state index in [0.29, 0.717) is 5.92 Å². The minimum Gasteiger partial charge on any atom is -0.381 e. The predicted molar refractivity (Wildman–Crippen MR) is 110 cm³/mol. The standard InChI is InChI=1S/C18H31N3O.HI/c1-4-5-13-22-14-9-12-20-18(19-3)21-15-16(2)17-10-7-6-8-11-17;/h6-8,10-11,16H,4-5,9,12-15H2,1-3H3,(H2,19,20,21);1H. The molecular weight excluding hydrogens is 401 g/mol. The van der Waals surface area contributed by atoms with Gasteiger partial charge in [-0.3, -0.25) is 4.99 Å². The van der Waals surface area contributed by atoms with Crippen LogP contribution < -0.4 is 10.6 Å². The number of rotatable bonds is 10. The molecule has 0 saturated carbocycles. The van der Waals surface area contributed by atoms with Crippen molar-refractivity contribution >= 4 is 29.9 Å². The molecule has 1 aromatic rings. The fraction of sp³-hybridized carbons (Fsp3) is 0.611. The third-order valence-electron chi connectivity index (χ3n) is 3.57. The molecule has 2 N–H and O–H groups in total. The molecule has 5 heteroatoms. The summed E-state index contributed by atoms with van der Waals surface area (Å²) in [7, 11) is 1.81. The highest BCUT2D eigenvalue weighted by atomic mass is 127. The second kappa shape index (κ2) is 14.8. The Balaban J connectivity index is 0.00000484. The molecule has 132 valence electrons. The zero-order chi connectivity index (χ0) is 16.0. The van der Waals surface area contributed by atoms with Crippen molar-refractivity contribution in [2.45, 2.75) is 39.0 Å². The number of ether oxygens (including phenoxy) is 1. The number of halogens is 1. The molecule has 4 nitrogen and oxygen atoms in total. The maximum atomic E-state index is 5.55. The van der Waals surface area contributed by atoms with Crippen molar-refractivity contribution in [1.29, 1.82) is 0 Å². The Hall–Kier alpha value is -0.820. The maximum Gasteiger partial charge on any atom is 0.190 e. The average Bonchev–Trinajstić information content (AvgIpc) is 2.57. The summed E-state index contributed by atoms with van der Waals surface area (Å²) < 4.78 is 5.55. The first-order valence-electron chi connectivity index (χ1n) is 8.35. The molecule has 0 aliphatic heterocycles. The number of unbranched alkanes of at least 4 members (excludes halogenated alkanes) is 1. The number of hydrogen-bond donors (Lipinski definition) is 2. The van der Waals surface area contributed by atoms with Gasteiger partial charge >= 0.3 is 0 Å². The average molecular weight is 433 g/mol. The minimum absolute atomic E-state index is 0. The van der Waals surface area contributed by atoms with E-state index in [0.717, 1.165) is 45.1 Å². The fourth-order valence-electron chi connectivity index (χ4n) is 2.10. The molecule has 0 heterocycles. The van der Waals surface area contributed by atoms with Crippen LogP contribution in [0.1, 0.15) is 44.6 Å². The van der Waals surface area contributed by atoms with Gasteiger partial charge in [-0.25, -0.2) is 0 Å². The van der Waals surface area contributed by atoms with Crippen LogP contribution in [0.15, 0.2) is 35.3 Å². The molecule has 1 rings (SSSR count). The molecule has 0 bridgehead atoms. The van der Waals surface area contributed by atoms with Crippen LogP contribution >= 0.6 is 24.0 Å². The molecule has 0 saturated heterocycles. The fourth-order valence-corrected chi connectivity index (χ4v) is 2.10. The zero-order valence-electron chi connectivity index (χ0n) is 14.7. The van der Waals surface area contributed by atoms with Gasteiger partial charge in [0.05, 0.1) is 0 Å². The summed E-state index contributed by atoms with van der Waals surface area (Å²) in [5, 5.41) is 6.70. The van der Waals surface area contributed by atoms with Crippen LogP contribution in [-0.2, 0) is 4.74 Å². The summed E-state index contributed by atoms with van der Waals surface area (Å²) in [6, 6.07) is 10.5. The van der Waals surface area contributed by atoms with Crippen LogP contribution in [0, 0.1) is 0 Å². The van der Waals surface area contributed by atoms with Gasteiger partial charge in [0.25, 0.3) is 0 Å². The van der Waals surface area contributed by atoms with Gasteiger partial charge in [0, 0.05) is 33.4 Å². The van der Waals surface area contributed by atoms with E-state index in [1.54, 1.807) is 7.05 Å². The molecule has 1 aromatic carbocycles. The SMILES string of the molecule is CCCCOCCCNC(=NC)NCC(C)c1ccccc1.I. The van der Waals surface area contributed by atoms with Gasteiger partial charge in [0.15, 0.2) is 5.96 Å². The van der Waals surface area contributed by atoms with Crippen molar-refractivity contribution in [2.24, 2.45) is 4.99 Å². The Morgan fingerprint density at radius 2 is 1.83 bits per heavy atom. The van der Waals surface area contributed by atoms with E-state index in [1.165, 1.54) is 12.0 Å². The van der Waals surface area contributed by atoms with Crippen LogP contribution in [0.3, 0.4) is 0 Å². The van der Waals surface area contributed by atoms with Gasteiger partial charge in [-0.05, 0) is 24.3 Å². The highest BCUT2D eigenvalue weighted by Gasteiger charge is 2.05. The van der Waals surface area contributed by atoms with Crippen molar-refractivity contribution in [3.63, 3.8) is 0 Å². The number of nitrogens with zero attached hydrogens (tertiary/aromatic N) is 1. The first-order valence-corrected chi connectivity index (χ1v) is 8.35. The molecular formula is C18H32IN3O. The van der Waals surface area contributed by atoms with E-state index >= 15 is 0 Å². The quantitative estimate of drug-likeness (QED) is 0.256. The maximum absolute atomic E-state index is 5.55. The van der Waals surface area contributed by atoms with Gasteiger partial charge in [0.2, 0.25) is 0 Å². The normalized spacial score (nSPS) is 12.4. The van der Waals surface area contributed by atoms with E-state index < -0.39 is 0 Å². The summed E-state index contributed by atoms with van der Waals surface area (Å²) in [5.74, 6) is 1.31. The third-order valence-corrected chi connectivity index (χ3v) is 3.57. The van der Waals surface area contributed by atoms with Crippen molar-refractivity contribution in [3.8, 4) is 0 Å². The Morgan fingerprint density at radius 1 is 1.13 bits per heavy atom. The summed E-state index contributed by atoms with van der Waals surface area (Å²) in [6.45, 7) is 7.83. The molecule has 0 amide bonds. The molecule has 0 radical (unpaired) electrons. The number of benzene rings is 1. The first-order chi connectivity index (χ1) is 10.8. The van der Waals surface area contributed by atoms with Gasteiger partial charge in [-0.1, -0.05) is 50.6 Å². The highest BCUT2D eigenvalue weighted by molar-refractivity contribution is 14.0. The first kappa shape index (κ1) is 22.2. The molecule has 1 unspecified atom stereocenters. The lowest BCUT2D eigenvalue weighted by molar-refractivity contribution is 0.129. The van der Waals surface area contributed by atoms with Crippen LogP contribution in [0.5, 0.6) is 0 Å². The van der Waals surface area contributed by atoms with Crippen molar-refractivity contribution < 1.29 is 4.74 Å². The summed E-state index contributed by atoms with van der Waals surface area (Å²) in [4.78, 5) is 4.25. The number of aliphatic imine (C=N–C) groups is 1. The van der Waals surface area contributed by atoms with Crippen LogP contribution in [0.25, 0.3) is 0 Å². The smallest absolute Gasteiger partial charge is 0.190 e. The molecule has 0 spiro atoms. The molecule has 23 heavy (non-hydrogen) atoms. The van der Waals surface area contributed by atoms with Crippen LogP contribution in [-0.4, -0.2) is 39.3 Å². The monoisotopic (exact) mass is 433 g/mol. The van der Waals surface area contributed by atoms with E-state index in [9.17, 15) is 0 Å². The van der Waals surface area contributed by atoms with E-state index in [-0.39, 0.29) is 24.0 Å². The Morgan fingerprint density at radius 3 is 2.48 bits per heavy atom.